The quantitative estimate of drug-likeness (QED) is 0.0246. The molecule has 0 bridgehead atoms. The summed E-state index contributed by atoms with van der Waals surface area (Å²) in [7, 11) is 8.22. The SMILES string of the molecule is BrB(Br)Br.CC(=O)OC(C)=O.COC[C@H]1NCCN(c2ccc(Cl)cc2Cl)[C@H]1c1ccc(Cl)cc1.COc1ccc(C=O)cc1.COc1ccc(CN2CCN(c3ccc(Cl)cc3Cl)[C@@H](c3ccc(Cl)cc3)[C@H]2CO)cc1.C[C-]=O.O.OC[C@H]1NCCN(c2ccc(Cl)cc2Cl)[C@H]1c1ccc(Cl)cc1.[B]=O.[Na+]. The van der Waals surface area contributed by atoms with Crippen molar-refractivity contribution in [1.82, 2.24) is 15.5 Å². The zero-order chi connectivity index (χ0) is 77.7. The second-order valence-corrected chi connectivity index (χ2v) is 32.9. The smallest absolute Gasteiger partial charge is 1.00 e. The van der Waals surface area contributed by atoms with Crippen molar-refractivity contribution >= 4 is 204 Å². The minimum absolute atomic E-state index is 0. The Morgan fingerprint density at radius 1 is 0.533 bits per heavy atom. The zero-order valence-electron chi connectivity index (χ0n) is 59.4. The van der Waals surface area contributed by atoms with Crippen LogP contribution in [-0.2, 0) is 35.1 Å². The minimum Gasteiger partial charge on any atom is 1.00 e. The first-order valence-corrected chi connectivity index (χ1v) is 38.2. The third-order valence-electron chi connectivity index (χ3n) is 15.9. The first-order chi connectivity index (χ1) is 50.3. The van der Waals surface area contributed by atoms with Crippen LogP contribution in [-0.4, -0.2) is 155 Å². The maximum absolute atomic E-state index is 10.5. The van der Waals surface area contributed by atoms with Gasteiger partial charge in [-0.15, -0.1) is 47.3 Å². The Morgan fingerprint density at radius 3 is 1.19 bits per heavy atom. The molecule has 8 aromatic rings. The van der Waals surface area contributed by atoms with Crippen molar-refractivity contribution in [2.24, 2.45) is 0 Å². The van der Waals surface area contributed by atoms with Crippen LogP contribution in [0.1, 0.15) is 71.5 Å². The number of methoxy groups -OCH3 is 3. The molecule has 0 unspecified atom stereocenters. The summed E-state index contributed by atoms with van der Waals surface area (Å²) in [6.45, 7) is 9.84. The predicted molar refractivity (Wildman–Crippen MR) is 446 cm³/mol. The molecule has 569 valence electrons. The second kappa shape index (κ2) is 53.8. The Balaban J connectivity index is 0.000000467. The molecule has 0 aliphatic carbocycles. The van der Waals surface area contributed by atoms with Gasteiger partial charge in [-0.1, -0.05) is 153 Å². The summed E-state index contributed by atoms with van der Waals surface area (Å²) in [5, 5.41) is 33.0. The number of nitrogens with one attached hydrogen (secondary N) is 2. The largest absolute Gasteiger partial charge is 1.00 e. The number of anilines is 3. The van der Waals surface area contributed by atoms with E-state index in [1.165, 1.54) is 32.6 Å². The maximum Gasteiger partial charge on any atom is 1.00 e. The standard InChI is InChI=1S/C25H25Cl3N2O2.C18H19Cl3N2O.C17H17Cl3N2O.C8H8O2.C4H6O3.C2H3O.BBr3.BO.Na.H2O/c1-32-21-9-2-17(3-10-21)15-29-12-13-30(23-11-8-20(27)14-22(23)28)25(24(29)16-31)18-4-6-19(26)7-5-18;1-24-11-16-18(12-2-4-13(19)5-3-12)23(9-8-22-16)17-7-6-14(20)10-15(17)21;18-12-3-1-11(2-4-12)17-15(10-23)21-7-8-22(17)16-6-5-13(19)9-14(16)20;1-10-8-4-2-7(6-9)3-5-8;1-3(5)7-4(2)6;1-2-3;2-1(3)4;1-2;;/h2-11,14,24-25,31H,12-13,15-16H2,1H3;2-7,10,16,18,22H,8-9,11H2,1H3;1-6,9,15,17,21,23H,7-8,10H2;2-6H,1H3;1-2H3;1H3;;;;1H2/q;;;;;-1;;;+1;/t24-,25+;16-,18+;15-,17+;;;;;;;/m111......./s1. The normalized spacial score (nSPS) is 16.8. The van der Waals surface area contributed by atoms with Crippen molar-refractivity contribution in [3.8, 4) is 11.5 Å². The van der Waals surface area contributed by atoms with Crippen LogP contribution in [0.4, 0.5) is 17.1 Å². The molecule has 3 saturated heterocycles. The van der Waals surface area contributed by atoms with E-state index in [2.05, 4.69) is 114 Å². The molecule has 0 aromatic heterocycles. The van der Waals surface area contributed by atoms with Crippen LogP contribution < -0.4 is 64.4 Å². The van der Waals surface area contributed by atoms with Crippen LogP contribution in [0.5, 0.6) is 11.5 Å². The zero-order valence-corrected chi connectivity index (χ0v) is 73.0. The number of nitrogens with zero attached hydrogens (tertiary/aromatic N) is 4. The van der Waals surface area contributed by atoms with E-state index in [0.717, 1.165) is 102 Å². The molecule has 6 N–H and O–H groups in total. The molecule has 3 aliphatic rings. The first-order valence-electron chi connectivity index (χ1n) is 32.0. The number of carbonyl (C=O) groups excluding carboxylic acids is 4. The Morgan fingerprint density at radius 2 is 0.869 bits per heavy atom. The Kier molecular flexibility index (Phi) is 49.8. The van der Waals surface area contributed by atoms with Crippen LogP contribution >= 0.6 is 152 Å². The van der Waals surface area contributed by atoms with Crippen molar-refractivity contribution in [1.29, 1.82) is 0 Å². The summed E-state index contributed by atoms with van der Waals surface area (Å²) in [6, 6.07) is 55.0. The number of hydrogen-bond donors (Lipinski definition) is 4. The Hall–Kier alpha value is -4.06. The maximum atomic E-state index is 10.5. The van der Waals surface area contributed by atoms with E-state index in [-0.39, 0.29) is 87.7 Å². The molecule has 0 saturated carbocycles. The van der Waals surface area contributed by atoms with Crippen molar-refractivity contribution in [2.75, 3.05) is 95.1 Å². The van der Waals surface area contributed by atoms with Gasteiger partial charge in [-0.3, -0.25) is 25.6 Å². The van der Waals surface area contributed by atoms with Crippen molar-refractivity contribution in [3.05, 3.63) is 249 Å². The van der Waals surface area contributed by atoms with Crippen molar-refractivity contribution in [3.63, 3.8) is 0 Å². The topological polar surface area (TPSA) is 231 Å². The van der Waals surface area contributed by atoms with E-state index in [4.69, 9.17) is 128 Å². The molecule has 3 aliphatic heterocycles. The number of esters is 2. The molecule has 3 heterocycles. The van der Waals surface area contributed by atoms with Gasteiger partial charge in [0, 0.05) is 102 Å². The van der Waals surface area contributed by atoms with Crippen LogP contribution in [0.2, 0.25) is 45.2 Å². The van der Waals surface area contributed by atoms with E-state index < -0.39 is 11.9 Å². The fourth-order valence-electron chi connectivity index (χ4n) is 11.5. The van der Waals surface area contributed by atoms with Crippen LogP contribution in [0.15, 0.2) is 176 Å². The fourth-order valence-corrected chi connectivity index (χ4v) is 13.5. The van der Waals surface area contributed by atoms with E-state index in [0.29, 0.717) is 52.4 Å². The molecule has 33 heteroatoms. The number of piperazine rings is 3. The predicted octanol–water partition coefficient (Wildman–Crippen LogP) is 14.6. The number of aldehydes is 1. The summed E-state index contributed by atoms with van der Waals surface area (Å²) in [5.41, 5.74) is 7.93. The van der Waals surface area contributed by atoms with Gasteiger partial charge in [-0.05, 0) is 150 Å². The number of ether oxygens (including phenoxy) is 4. The molecule has 6 atom stereocenters. The van der Waals surface area contributed by atoms with Gasteiger partial charge in [-0.25, -0.2) is 0 Å². The number of hydrogen-bond acceptors (Lipinski definition) is 17. The van der Waals surface area contributed by atoms with Gasteiger partial charge in [0.1, 0.15) is 17.8 Å². The van der Waals surface area contributed by atoms with Gasteiger partial charge in [0.2, 0.25) is 0 Å². The molecule has 8 aromatic carbocycles. The van der Waals surface area contributed by atoms with E-state index in [9.17, 15) is 24.6 Å². The molecule has 107 heavy (non-hydrogen) atoms. The van der Waals surface area contributed by atoms with Crippen LogP contribution in [0, 0.1) is 0 Å². The van der Waals surface area contributed by atoms with Gasteiger partial charge < -0.3 is 64.8 Å². The summed E-state index contributed by atoms with van der Waals surface area (Å²) in [5.74, 6) is 0.472. The van der Waals surface area contributed by atoms with Gasteiger partial charge in [0.15, 0.2) is 0 Å². The third kappa shape index (κ3) is 33.3. The minimum atomic E-state index is -0.562. The summed E-state index contributed by atoms with van der Waals surface area (Å²) in [6.07, 6.45) is 2.30. The number of benzene rings is 8. The average molecular weight is 1850 g/mol. The monoisotopic (exact) mass is 1840 g/mol. The molecule has 11 rings (SSSR count). The number of aliphatic hydroxyl groups excluding tert-OH is 2. The molecule has 1 radical (unpaired) electrons. The van der Waals surface area contributed by atoms with Crippen LogP contribution in [0.3, 0.4) is 0 Å². The number of halogens is 12. The number of aliphatic hydroxyl groups is 2. The van der Waals surface area contributed by atoms with Gasteiger partial charge in [0.05, 0.1) is 102 Å². The van der Waals surface area contributed by atoms with Gasteiger partial charge in [0.25, 0.3) is 0 Å². The molecule has 18 nitrogen and oxygen atoms in total. The Bertz CT molecular complexity index is 3920. The van der Waals surface area contributed by atoms with Crippen molar-refractivity contribution < 1.29 is 88.1 Å². The molecule has 0 spiro atoms. The summed E-state index contributed by atoms with van der Waals surface area (Å²) >= 11 is 65.2. The van der Waals surface area contributed by atoms with Gasteiger partial charge in [-0.2, -0.15) is 6.92 Å². The molecule has 0 amide bonds. The molecule has 3 fully saturated rings. The third-order valence-corrected chi connectivity index (χ3v) is 18.2. The second-order valence-electron chi connectivity index (χ2n) is 22.6. The molecular weight excluding hydrogens is 1770 g/mol. The summed E-state index contributed by atoms with van der Waals surface area (Å²) in [4.78, 5) is 47.6. The fraction of sp³-hybridized carbons (Fsp3) is 0.297. The first kappa shape index (κ1) is 99.0. The van der Waals surface area contributed by atoms with E-state index in [1.807, 2.05) is 109 Å². The van der Waals surface area contributed by atoms with Crippen LogP contribution in [0.25, 0.3) is 0 Å². The number of carbonyl (C=O) groups is 3. The Labute approximate surface area is 719 Å². The average Bonchev–Trinajstić information content (AvgIpc) is 0.778. The van der Waals surface area contributed by atoms with E-state index >= 15 is 0 Å². The van der Waals surface area contributed by atoms with Crippen molar-refractivity contribution in [2.45, 2.75) is 63.6 Å². The van der Waals surface area contributed by atoms with E-state index in [1.54, 1.807) is 63.8 Å². The van der Waals surface area contributed by atoms with Gasteiger partial charge >= 0.3 is 57.1 Å². The summed E-state index contributed by atoms with van der Waals surface area (Å²) < 4.78 is 27.6. The number of rotatable bonds is 15. The molecular formula is C74H80B2Br3Cl9N6NaO12.